The van der Waals surface area contributed by atoms with E-state index in [-0.39, 0.29) is 23.4 Å². The molecular weight excluding hydrogens is 521 g/mol. The lowest BCUT2D eigenvalue weighted by molar-refractivity contribution is -0.138. The molecule has 1 aromatic heterocycles. The summed E-state index contributed by atoms with van der Waals surface area (Å²) in [5, 5.41) is 12.3. The maximum Gasteiger partial charge on any atom is 0.416 e. The molecule has 0 unspecified atom stereocenters. The van der Waals surface area contributed by atoms with E-state index >= 15 is 0 Å². The Morgan fingerprint density at radius 2 is 1.87 bits per heavy atom. The normalized spacial score (nSPS) is 13.0. The van der Waals surface area contributed by atoms with Crippen LogP contribution < -0.4 is 5.32 Å². The van der Waals surface area contributed by atoms with Crippen LogP contribution in [0.3, 0.4) is 0 Å². The van der Waals surface area contributed by atoms with Crippen molar-refractivity contribution in [2.45, 2.75) is 44.9 Å². The molecule has 0 aliphatic rings. The molecule has 11 heteroatoms. The Labute approximate surface area is 195 Å². The van der Waals surface area contributed by atoms with Crippen LogP contribution >= 0.6 is 38.9 Å². The first kappa shape index (κ1) is 25.5. The van der Waals surface area contributed by atoms with E-state index < -0.39 is 35.3 Å². The molecule has 0 aliphatic carbocycles. The Bertz CT molecular complexity index is 940. The van der Waals surface area contributed by atoms with Crippen molar-refractivity contribution in [3.8, 4) is 0 Å². The van der Waals surface area contributed by atoms with Crippen molar-refractivity contribution in [2.75, 3.05) is 6.54 Å². The third-order valence-electron chi connectivity index (χ3n) is 4.44. The zero-order valence-corrected chi connectivity index (χ0v) is 20.0. The lowest BCUT2D eigenvalue weighted by atomic mass is 9.98. The van der Waals surface area contributed by atoms with Gasteiger partial charge in [-0.2, -0.15) is 13.2 Å². The topological polar surface area (TPSA) is 69.6 Å². The van der Waals surface area contributed by atoms with Gasteiger partial charge < -0.3 is 15.3 Å². The summed E-state index contributed by atoms with van der Waals surface area (Å²) in [4.78, 5) is 25.8. The zero-order chi connectivity index (χ0) is 23.6. The van der Waals surface area contributed by atoms with Crippen LogP contribution in [0, 0.1) is 0 Å². The van der Waals surface area contributed by atoms with Crippen LogP contribution in [0.1, 0.15) is 41.6 Å². The van der Waals surface area contributed by atoms with E-state index in [0.717, 1.165) is 22.3 Å². The second-order valence-corrected chi connectivity index (χ2v) is 10.3. The third kappa shape index (κ3) is 6.85. The van der Waals surface area contributed by atoms with Crippen LogP contribution in [-0.4, -0.2) is 40.1 Å². The number of hydrogen-bond donors (Lipinski definition) is 2. The number of nitrogens with zero attached hydrogens (tertiary/aromatic N) is 1. The number of carbonyl (C=O) groups excluding carboxylic acids is 1. The van der Waals surface area contributed by atoms with Gasteiger partial charge in [-0.05, 0) is 60.8 Å². The smallest absolute Gasteiger partial charge is 0.416 e. The molecule has 0 fully saturated rings. The van der Waals surface area contributed by atoms with Gasteiger partial charge in [0, 0.05) is 16.6 Å². The van der Waals surface area contributed by atoms with Crippen LogP contribution in [0.2, 0.25) is 4.34 Å². The number of amides is 2. The Balaban J connectivity index is 2.38. The largest absolute Gasteiger partial charge is 0.465 e. The number of carbonyl (C=O) groups is 2. The third-order valence-corrected chi connectivity index (χ3v) is 6.91. The fourth-order valence-electron chi connectivity index (χ4n) is 2.98. The van der Waals surface area contributed by atoms with Gasteiger partial charge in [-0.15, -0.1) is 11.3 Å². The summed E-state index contributed by atoms with van der Waals surface area (Å²) >= 11 is 10.2. The lowest BCUT2D eigenvalue weighted by Crippen LogP contribution is -2.53. The number of rotatable bonds is 6. The summed E-state index contributed by atoms with van der Waals surface area (Å²) in [6, 6.07) is 5.63. The Morgan fingerprint density at radius 1 is 1.26 bits per heavy atom. The molecule has 2 aromatic rings. The molecule has 1 atom stereocenters. The molecule has 0 saturated carbocycles. The number of benzene rings is 1. The van der Waals surface area contributed by atoms with Crippen LogP contribution in [0.25, 0.3) is 0 Å². The predicted molar refractivity (Wildman–Crippen MR) is 118 cm³/mol. The number of hydrogen-bond acceptors (Lipinski definition) is 3. The molecule has 0 bridgehead atoms. The highest BCUT2D eigenvalue weighted by atomic mass is 79.9. The van der Waals surface area contributed by atoms with Crippen molar-refractivity contribution in [3.63, 3.8) is 0 Å². The van der Waals surface area contributed by atoms with E-state index in [1.54, 1.807) is 20.8 Å². The standard InChI is InChI=1S/C20H21BrClF3N2O3S/c1-19(2,3)27(18(29)30)10-12(26-17(28)15-9-14(21)16(22)31-15)8-11-6-4-5-7-13(11)20(23,24)25/h4-7,9,12H,8,10H2,1-3H3,(H,26,28)(H,29,30)/t12-/m0/s1. The molecule has 0 radical (unpaired) electrons. The van der Waals surface area contributed by atoms with Crippen molar-refractivity contribution in [2.24, 2.45) is 0 Å². The summed E-state index contributed by atoms with van der Waals surface area (Å²) in [5.74, 6) is -0.550. The maximum absolute atomic E-state index is 13.4. The van der Waals surface area contributed by atoms with E-state index in [1.807, 2.05) is 0 Å². The highest BCUT2D eigenvalue weighted by molar-refractivity contribution is 9.10. The van der Waals surface area contributed by atoms with Gasteiger partial charge in [0.2, 0.25) is 0 Å². The monoisotopic (exact) mass is 540 g/mol. The highest BCUT2D eigenvalue weighted by Crippen LogP contribution is 2.33. The van der Waals surface area contributed by atoms with E-state index in [1.165, 1.54) is 24.3 Å². The number of halogens is 5. The molecule has 2 amide bonds. The number of alkyl halides is 3. The average Bonchev–Trinajstić information content (AvgIpc) is 2.96. The minimum atomic E-state index is -4.58. The molecule has 5 nitrogen and oxygen atoms in total. The summed E-state index contributed by atoms with van der Waals surface area (Å²) < 4.78 is 41.2. The van der Waals surface area contributed by atoms with Gasteiger partial charge in [0.15, 0.2) is 0 Å². The SMILES string of the molecule is CC(C)(C)N(C[C@H](Cc1ccccc1C(F)(F)F)NC(=O)c1cc(Br)c(Cl)s1)C(=O)O. The van der Waals surface area contributed by atoms with Crippen molar-refractivity contribution in [3.05, 3.63) is 55.1 Å². The van der Waals surface area contributed by atoms with Crippen LogP contribution in [-0.2, 0) is 12.6 Å². The second kappa shape index (κ2) is 9.79. The van der Waals surface area contributed by atoms with Crippen molar-refractivity contribution >= 4 is 50.9 Å². The lowest BCUT2D eigenvalue weighted by Gasteiger charge is -2.36. The predicted octanol–water partition coefficient (Wildman–Crippen LogP) is 6.30. The van der Waals surface area contributed by atoms with Crippen molar-refractivity contribution < 1.29 is 27.9 Å². The first-order chi connectivity index (χ1) is 14.2. The van der Waals surface area contributed by atoms with E-state index in [2.05, 4.69) is 21.2 Å². The minimum Gasteiger partial charge on any atom is -0.465 e. The summed E-state index contributed by atoms with van der Waals surface area (Å²) in [5.41, 5.74) is -1.69. The first-order valence-electron chi connectivity index (χ1n) is 9.11. The molecule has 170 valence electrons. The number of nitrogens with one attached hydrogen (secondary N) is 1. The first-order valence-corrected chi connectivity index (χ1v) is 11.1. The number of carboxylic acid groups (broad SMARTS) is 1. The highest BCUT2D eigenvalue weighted by Gasteiger charge is 2.35. The Morgan fingerprint density at radius 3 is 2.35 bits per heavy atom. The molecule has 2 N–H and O–H groups in total. The second-order valence-electron chi connectivity index (χ2n) is 7.83. The van der Waals surface area contributed by atoms with Gasteiger partial charge in [-0.25, -0.2) is 4.79 Å². The summed E-state index contributed by atoms with van der Waals surface area (Å²) in [6.07, 6.45) is -6.02. The average molecular weight is 542 g/mol. The quantitative estimate of drug-likeness (QED) is 0.451. The van der Waals surface area contributed by atoms with E-state index in [0.29, 0.717) is 8.81 Å². The van der Waals surface area contributed by atoms with Gasteiger partial charge in [0.25, 0.3) is 5.91 Å². The molecule has 2 rings (SSSR count). The Hall–Kier alpha value is -1.78. The van der Waals surface area contributed by atoms with Crippen molar-refractivity contribution in [1.29, 1.82) is 0 Å². The molecule has 1 heterocycles. The van der Waals surface area contributed by atoms with E-state index in [9.17, 15) is 27.9 Å². The summed E-state index contributed by atoms with van der Waals surface area (Å²) in [6.45, 7) is 4.80. The molecule has 31 heavy (non-hydrogen) atoms. The molecule has 1 aromatic carbocycles. The maximum atomic E-state index is 13.4. The zero-order valence-electron chi connectivity index (χ0n) is 16.9. The van der Waals surface area contributed by atoms with Crippen molar-refractivity contribution in [1.82, 2.24) is 10.2 Å². The van der Waals surface area contributed by atoms with Crippen LogP contribution in [0.5, 0.6) is 0 Å². The van der Waals surface area contributed by atoms with Gasteiger partial charge in [0.1, 0.15) is 4.34 Å². The fourth-order valence-corrected chi connectivity index (χ4v) is 4.58. The van der Waals surface area contributed by atoms with Crippen LogP contribution in [0.4, 0.5) is 18.0 Å². The molecule has 0 aliphatic heterocycles. The van der Waals surface area contributed by atoms with Gasteiger partial charge in [0.05, 0.1) is 16.5 Å². The van der Waals surface area contributed by atoms with Gasteiger partial charge in [-0.3, -0.25) is 4.79 Å². The summed E-state index contributed by atoms with van der Waals surface area (Å²) in [7, 11) is 0. The minimum absolute atomic E-state index is 0.0371. The van der Waals surface area contributed by atoms with E-state index in [4.69, 9.17) is 11.6 Å². The van der Waals surface area contributed by atoms with Gasteiger partial charge in [-0.1, -0.05) is 29.8 Å². The molecule has 0 spiro atoms. The number of thiophene rings is 1. The fraction of sp³-hybridized carbons (Fsp3) is 0.400. The molecular formula is C20H21BrClF3N2O3S. The Kier molecular flexibility index (Phi) is 8.04. The van der Waals surface area contributed by atoms with Gasteiger partial charge >= 0.3 is 12.3 Å². The molecule has 0 saturated heterocycles. The van der Waals surface area contributed by atoms with Crippen LogP contribution in [0.15, 0.2) is 34.8 Å².